The van der Waals surface area contributed by atoms with Crippen molar-refractivity contribution in [2.24, 2.45) is 5.92 Å². The molecule has 2 heteroatoms. The van der Waals surface area contributed by atoms with Crippen molar-refractivity contribution in [1.29, 1.82) is 0 Å². The normalized spacial score (nSPS) is 11.0. The van der Waals surface area contributed by atoms with Crippen LogP contribution in [0.2, 0.25) is 0 Å². The summed E-state index contributed by atoms with van der Waals surface area (Å²) < 4.78 is 0. The quantitative estimate of drug-likeness (QED) is 0.811. The molecule has 20 heavy (non-hydrogen) atoms. The Balaban J connectivity index is 1.91. The fraction of sp³-hybridized carbons (Fsp3) is 0.333. The number of rotatable bonds is 6. The average Bonchev–Trinajstić information content (AvgIpc) is 2.40. The predicted octanol–water partition coefficient (Wildman–Crippen LogP) is 4.89. The lowest BCUT2D eigenvalue weighted by Gasteiger charge is -2.08. The van der Waals surface area contributed by atoms with E-state index in [9.17, 15) is 0 Å². The standard InChI is InChI=1S/C18H23NS/c1-14(2)12-19-13-16-7-9-17(10-8-16)20-18-6-4-5-15(3)11-18/h4-11,14,19H,12-13H2,1-3H3. The molecule has 2 aromatic rings. The summed E-state index contributed by atoms with van der Waals surface area (Å²) in [6.07, 6.45) is 0. The Kier molecular flexibility index (Phi) is 5.69. The van der Waals surface area contributed by atoms with Crippen LogP contribution >= 0.6 is 11.8 Å². The molecule has 0 spiro atoms. The van der Waals surface area contributed by atoms with Gasteiger partial charge in [-0.15, -0.1) is 0 Å². The monoisotopic (exact) mass is 285 g/mol. The first kappa shape index (κ1) is 15.1. The maximum absolute atomic E-state index is 3.47. The van der Waals surface area contributed by atoms with Crippen LogP contribution in [0.25, 0.3) is 0 Å². The van der Waals surface area contributed by atoms with E-state index in [1.54, 1.807) is 0 Å². The van der Waals surface area contributed by atoms with Crippen LogP contribution in [-0.2, 0) is 6.54 Å². The smallest absolute Gasteiger partial charge is 0.0205 e. The Hall–Kier alpha value is -1.25. The van der Waals surface area contributed by atoms with Crippen molar-refractivity contribution >= 4 is 11.8 Å². The first-order chi connectivity index (χ1) is 9.63. The van der Waals surface area contributed by atoms with Gasteiger partial charge in [0.25, 0.3) is 0 Å². The summed E-state index contributed by atoms with van der Waals surface area (Å²) in [6, 6.07) is 17.5. The zero-order valence-electron chi connectivity index (χ0n) is 12.5. The van der Waals surface area contributed by atoms with Gasteiger partial charge in [-0.05, 0) is 49.2 Å². The number of aryl methyl sites for hydroxylation is 1. The predicted molar refractivity (Wildman–Crippen MR) is 88.3 cm³/mol. The highest BCUT2D eigenvalue weighted by molar-refractivity contribution is 7.99. The molecule has 2 rings (SSSR count). The fourth-order valence-electron chi connectivity index (χ4n) is 2.00. The maximum atomic E-state index is 3.47. The van der Waals surface area contributed by atoms with Crippen molar-refractivity contribution in [3.05, 3.63) is 59.7 Å². The van der Waals surface area contributed by atoms with Crippen molar-refractivity contribution in [3.8, 4) is 0 Å². The van der Waals surface area contributed by atoms with Gasteiger partial charge >= 0.3 is 0 Å². The zero-order valence-corrected chi connectivity index (χ0v) is 13.3. The molecule has 106 valence electrons. The minimum atomic E-state index is 0.700. The molecule has 0 bridgehead atoms. The fourth-order valence-corrected chi connectivity index (χ4v) is 2.93. The number of hydrogen-bond donors (Lipinski definition) is 1. The van der Waals surface area contributed by atoms with Crippen LogP contribution in [0, 0.1) is 12.8 Å². The molecule has 0 radical (unpaired) electrons. The average molecular weight is 285 g/mol. The SMILES string of the molecule is Cc1cccc(Sc2ccc(CNCC(C)C)cc2)c1. The van der Waals surface area contributed by atoms with Crippen LogP contribution in [0.3, 0.4) is 0 Å². The van der Waals surface area contributed by atoms with Crippen molar-refractivity contribution in [1.82, 2.24) is 5.32 Å². The minimum Gasteiger partial charge on any atom is -0.312 e. The lowest BCUT2D eigenvalue weighted by atomic mass is 10.2. The highest BCUT2D eigenvalue weighted by Gasteiger charge is 1.99. The van der Waals surface area contributed by atoms with E-state index in [0.29, 0.717) is 5.92 Å². The van der Waals surface area contributed by atoms with Gasteiger partial charge in [0.05, 0.1) is 0 Å². The lowest BCUT2D eigenvalue weighted by molar-refractivity contribution is 0.552. The number of hydrogen-bond acceptors (Lipinski definition) is 2. The van der Waals surface area contributed by atoms with E-state index >= 15 is 0 Å². The molecule has 0 aromatic heterocycles. The van der Waals surface area contributed by atoms with E-state index in [4.69, 9.17) is 0 Å². The van der Waals surface area contributed by atoms with Crippen LogP contribution in [0.15, 0.2) is 58.3 Å². The van der Waals surface area contributed by atoms with Crippen molar-refractivity contribution < 1.29 is 0 Å². The molecule has 0 fully saturated rings. The summed E-state index contributed by atoms with van der Waals surface area (Å²) in [4.78, 5) is 2.60. The Bertz CT molecular complexity index is 531. The minimum absolute atomic E-state index is 0.700. The van der Waals surface area contributed by atoms with Gasteiger partial charge in [0.15, 0.2) is 0 Å². The topological polar surface area (TPSA) is 12.0 Å². The molecular formula is C18H23NS. The third-order valence-electron chi connectivity index (χ3n) is 3.03. The molecule has 0 amide bonds. The zero-order chi connectivity index (χ0) is 14.4. The van der Waals surface area contributed by atoms with Crippen LogP contribution in [0.5, 0.6) is 0 Å². The van der Waals surface area contributed by atoms with Gasteiger partial charge in [0.1, 0.15) is 0 Å². The Morgan fingerprint density at radius 3 is 2.40 bits per heavy atom. The van der Waals surface area contributed by atoms with Crippen molar-refractivity contribution in [2.45, 2.75) is 37.1 Å². The van der Waals surface area contributed by atoms with E-state index in [2.05, 4.69) is 74.6 Å². The van der Waals surface area contributed by atoms with Gasteiger partial charge in [0.2, 0.25) is 0 Å². The molecule has 0 saturated heterocycles. The third-order valence-corrected chi connectivity index (χ3v) is 4.03. The van der Waals surface area contributed by atoms with Crippen molar-refractivity contribution in [2.75, 3.05) is 6.54 Å². The molecule has 0 aliphatic heterocycles. The summed E-state index contributed by atoms with van der Waals surface area (Å²) in [5.74, 6) is 0.700. The second-order valence-corrected chi connectivity index (χ2v) is 6.73. The van der Waals surface area contributed by atoms with Crippen molar-refractivity contribution in [3.63, 3.8) is 0 Å². The summed E-state index contributed by atoms with van der Waals surface area (Å²) >= 11 is 1.82. The van der Waals surface area contributed by atoms with Crippen LogP contribution < -0.4 is 5.32 Å². The summed E-state index contributed by atoms with van der Waals surface area (Å²) in [7, 11) is 0. The summed E-state index contributed by atoms with van der Waals surface area (Å²) in [5.41, 5.74) is 2.66. The third kappa shape index (κ3) is 5.03. The number of benzene rings is 2. The molecular weight excluding hydrogens is 262 g/mol. The van der Waals surface area contributed by atoms with Crippen LogP contribution in [0.1, 0.15) is 25.0 Å². The molecule has 0 atom stereocenters. The molecule has 0 unspecified atom stereocenters. The molecule has 0 aliphatic carbocycles. The van der Waals surface area contributed by atoms with E-state index < -0.39 is 0 Å². The van der Waals surface area contributed by atoms with Crippen LogP contribution in [0.4, 0.5) is 0 Å². The molecule has 1 N–H and O–H groups in total. The molecule has 0 heterocycles. The van der Waals surface area contributed by atoms with Gasteiger partial charge in [-0.3, -0.25) is 0 Å². The van der Waals surface area contributed by atoms with E-state index in [1.807, 2.05) is 11.8 Å². The summed E-state index contributed by atoms with van der Waals surface area (Å²) in [6.45, 7) is 8.62. The second-order valence-electron chi connectivity index (χ2n) is 5.59. The van der Waals surface area contributed by atoms with Gasteiger partial charge in [-0.1, -0.05) is 55.4 Å². The number of nitrogens with one attached hydrogen (secondary N) is 1. The van der Waals surface area contributed by atoms with Gasteiger partial charge in [0, 0.05) is 16.3 Å². The van der Waals surface area contributed by atoms with Crippen LogP contribution in [-0.4, -0.2) is 6.54 Å². The lowest BCUT2D eigenvalue weighted by Crippen LogP contribution is -2.18. The maximum Gasteiger partial charge on any atom is 0.0205 e. The molecule has 0 saturated carbocycles. The van der Waals surface area contributed by atoms with E-state index in [0.717, 1.165) is 13.1 Å². The Morgan fingerprint density at radius 2 is 1.75 bits per heavy atom. The van der Waals surface area contributed by atoms with Gasteiger partial charge in [-0.25, -0.2) is 0 Å². The van der Waals surface area contributed by atoms with Gasteiger partial charge < -0.3 is 5.32 Å². The largest absolute Gasteiger partial charge is 0.312 e. The first-order valence-corrected chi connectivity index (χ1v) is 7.99. The van der Waals surface area contributed by atoms with E-state index in [-0.39, 0.29) is 0 Å². The molecule has 0 aliphatic rings. The Labute approximate surface area is 126 Å². The Morgan fingerprint density at radius 1 is 1.00 bits per heavy atom. The summed E-state index contributed by atoms with van der Waals surface area (Å²) in [5, 5.41) is 3.47. The van der Waals surface area contributed by atoms with E-state index in [1.165, 1.54) is 20.9 Å². The highest BCUT2D eigenvalue weighted by Crippen LogP contribution is 2.28. The second kappa shape index (κ2) is 7.51. The molecule has 2 aromatic carbocycles. The first-order valence-electron chi connectivity index (χ1n) is 7.17. The highest BCUT2D eigenvalue weighted by atomic mass is 32.2. The van der Waals surface area contributed by atoms with Gasteiger partial charge in [-0.2, -0.15) is 0 Å². The molecule has 1 nitrogen and oxygen atoms in total.